The van der Waals surface area contributed by atoms with Crippen molar-refractivity contribution in [3.8, 4) is 0 Å². The van der Waals surface area contributed by atoms with Crippen LogP contribution in [0.1, 0.15) is 23.0 Å². The highest BCUT2D eigenvalue weighted by atomic mass is 35.5. The van der Waals surface area contributed by atoms with Gasteiger partial charge < -0.3 is 5.32 Å². The molecule has 0 aliphatic heterocycles. The molecular formula is C16H14Cl2FN5O. The Bertz CT molecular complexity index is 901. The number of nitrogens with zero attached hydrogens (tertiary/aromatic N) is 4. The molecule has 6 nitrogen and oxygen atoms in total. The predicted octanol–water partition coefficient (Wildman–Crippen LogP) is 3.85. The summed E-state index contributed by atoms with van der Waals surface area (Å²) in [5.41, 5.74) is 0.690. The summed E-state index contributed by atoms with van der Waals surface area (Å²) < 4.78 is 16.9. The van der Waals surface area contributed by atoms with E-state index in [2.05, 4.69) is 15.5 Å². The Morgan fingerprint density at radius 3 is 2.80 bits per heavy atom. The molecule has 3 rings (SSSR count). The topological polar surface area (TPSA) is 64.7 Å². The van der Waals surface area contributed by atoms with Gasteiger partial charge in [-0.2, -0.15) is 10.2 Å². The number of nitrogens with one attached hydrogen (secondary N) is 1. The Hall–Kier alpha value is -2.38. The van der Waals surface area contributed by atoms with E-state index in [0.29, 0.717) is 22.8 Å². The molecule has 2 heterocycles. The Kier molecular flexibility index (Phi) is 5.06. The molecule has 0 atom stereocenters. The van der Waals surface area contributed by atoms with Crippen LogP contribution in [0.5, 0.6) is 0 Å². The van der Waals surface area contributed by atoms with Crippen LogP contribution in [-0.2, 0) is 13.1 Å². The van der Waals surface area contributed by atoms with Gasteiger partial charge in [-0.15, -0.1) is 0 Å². The SMILES string of the molecule is CCn1nccc1C(=O)Nc1nn(Cc2c(F)cccc2Cl)cc1Cl. The molecule has 3 aromatic rings. The first-order chi connectivity index (χ1) is 12.0. The van der Waals surface area contributed by atoms with Crippen LogP contribution >= 0.6 is 23.2 Å². The van der Waals surface area contributed by atoms with Gasteiger partial charge >= 0.3 is 0 Å². The van der Waals surface area contributed by atoms with Crippen molar-refractivity contribution in [2.45, 2.75) is 20.0 Å². The van der Waals surface area contributed by atoms with Crippen molar-refractivity contribution < 1.29 is 9.18 Å². The predicted molar refractivity (Wildman–Crippen MR) is 93.6 cm³/mol. The molecule has 0 saturated carbocycles. The fraction of sp³-hybridized carbons (Fsp3) is 0.188. The number of carbonyl (C=O) groups is 1. The Balaban J connectivity index is 1.80. The van der Waals surface area contributed by atoms with Gasteiger partial charge in [0, 0.05) is 29.5 Å². The lowest BCUT2D eigenvalue weighted by molar-refractivity contribution is 0.101. The number of anilines is 1. The average molecular weight is 382 g/mol. The normalized spacial score (nSPS) is 10.9. The number of hydrogen-bond acceptors (Lipinski definition) is 3. The number of halogens is 3. The van der Waals surface area contributed by atoms with Gasteiger partial charge in [0.2, 0.25) is 0 Å². The van der Waals surface area contributed by atoms with Crippen LogP contribution in [-0.4, -0.2) is 25.5 Å². The minimum atomic E-state index is -0.434. The maximum atomic E-state index is 13.9. The van der Waals surface area contributed by atoms with E-state index in [0.717, 1.165) is 0 Å². The quantitative estimate of drug-likeness (QED) is 0.729. The van der Waals surface area contributed by atoms with Crippen LogP contribution in [0.2, 0.25) is 10.0 Å². The highest BCUT2D eigenvalue weighted by Crippen LogP contribution is 2.24. The highest BCUT2D eigenvalue weighted by molar-refractivity contribution is 6.33. The molecule has 0 bridgehead atoms. The van der Waals surface area contributed by atoms with Crippen molar-refractivity contribution in [3.63, 3.8) is 0 Å². The first-order valence-electron chi connectivity index (χ1n) is 7.48. The fourth-order valence-corrected chi connectivity index (χ4v) is 2.78. The number of amides is 1. The molecule has 0 aliphatic carbocycles. The lowest BCUT2D eigenvalue weighted by atomic mass is 10.2. The Morgan fingerprint density at radius 1 is 1.28 bits per heavy atom. The minimum Gasteiger partial charge on any atom is -0.302 e. The first-order valence-corrected chi connectivity index (χ1v) is 8.24. The molecule has 25 heavy (non-hydrogen) atoms. The van der Waals surface area contributed by atoms with E-state index in [1.54, 1.807) is 23.0 Å². The monoisotopic (exact) mass is 381 g/mol. The minimum absolute atomic E-state index is 0.0913. The van der Waals surface area contributed by atoms with Crippen molar-refractivity contribution in [1.82, 2.24) is 19.6 Å². The number of aromatic nitrogens is 4. The van der Waals surface area contributed by atoms with Crippen molar-refractivity contribution in [2.24, 2.45) is 0 Å². The molecule has 0 fully saturated rings. The van der Waals surface area contributed by atoms with Crippen LogP contribution in [0.25, 0.3) is 0 Å². The summed E-state index contributed by atoms with van der Waals surface area (Å²) >= 11 is 12.1. The molecule has 1 N–H and O–H groups in total. The van der Waals surface area contributed by atoms with Gasteiger partial charge in [0.25, 0.3) is 5.91 Å². The van der Waals surface area contributed by atoms with Gasteiger partial charge in [0.15, 0.2) is 5.82 Å². The van der Waals surface area contributed by atoms with E-state index < -0.39 is 5.82 Å². The summed E-state index contributed by atoms with van der Waals surface area (Å²) in [7, 11) is 0. The fourth-order valence-electron chi connectivity index (χ4n) is 2.36. The second-order valence-corrected chi connectivity index (χ2v) is 6.02. The molecule has 0 spiro atoms. The van der Waals surface area contributed by atoms with Gasteiger partial charge in [-0.3, -0.25) is 14.2 Å². The zero-order chi connectivity index (χ0) is 18.0. The van der Waals surface area contributed by atoms with E-state index in [9.17, 15) is 9.18 Å². The standard InChI is InChI=1S/C16H14Cl2FN5O/c1-2-24-14(6-7-20-24)16(25)21-15-12(18)9-23(22-15)8-10-11(17)4-3-5-13(10)19/h3-7,9H,2,8H2,1H3,(H,21,22,25). The Labute approximate surface area is 153 Å². The third-order valence-corrected chi connectivity index (χ3v) is 4.21. The summed E-state index contributed by atoms with van der Waals surface area (Å²) in [6.07, 6.45) is 3.04. The molecular weight excluding hydrogens is 368 g/mol. The largest absolute Gasteiger partial charge is 0.302 e. The summed E-state index contributed by atoms with van der Waals surface area (Å²) in [5.74, 6) is -0.630. The maximum Gasteiger partial charge on any atom is 0.275 e. The molecule has 9 heteroatoms. The summed E-state index contributed by atoms with van der Waals surface area (Å²) in [6.45, 7) is 2.53. The second-order valence-electron chi connectivity index (χ2n) is 5.21. The van der Waals surface area contributed by atoms with Crippen LogP contribution in [0.4, 0.5) is 10.2 Å². The van der Waals surface area contributed by atoms with Crippen molar-refractivity contribution in [1.29, 1.82) is 0 Å². The van der Waals surface area contributed by atoms with E-state index in [1.165, 1.54) is 23.0 Å². The van der Waals surface area contributed by atoms with Crippen LogP contribution in [0, 0.1) is 5.82 Å². The van der Waals surface area contributed by atoms with Crippen LogP contribution < -0.4 is 5.32 Å². The van der Waals surface area contributed by atoms with E-state index in [4.69, 9.17) is 23.2 Å². The molecule has 0 saturated heterocycles. The van der Waals surface area contributed by atoms with E-state index >= 15 is 0 Å². The molecule has 130 valence electrons. The molecule has 1 aromatic carbocycles. The Morgan fingerprint density at radius 2 is 2.08 bits per heavy atom. The third kappa shape index (κ3) is 3.67. The average Bonchev–Trinajstić information content (AvgIpc) is 3.18. The number of hydrogen-bond donors (Lipinski definition) is 1. The molecule has 0 radical (unpaired) electrons. The summed E-state index contributed by atoms with van der Waals surface area (Å²) in [5, 5.41) is 11.4. The molecule has 1 amide bonds. The smallest absolute Gasteiger partial charge is 0.275 e. The zero-order valence-electron chi connectivity index (χ0n) is 13.2. The lowest BCUT2D eigenvalue weighted by Gasteiger charge is -2.06. The molecule has 0 unspecified atom stereocenters. The van der Waals surface area contributed by atoms with Gasteiger partial charge in [-0.25, -0.2) is 4.39 Å². The first kappa shape index (κ1) is 17.4. The number of rotatable bonds is 5. The number of aryl methyl sites for hydroxylation is 1. The number of carbonyl (C=O) groups excluding carboxylic acids is 1. The van der Waals surface area contributed by atoms with Crippen molar-refractivity contribution in [3.05, 3.63) is 63.8 Å². The van der Waals surface area contributed by atoms with Crippen molar-refractivity contribution >= 4 is 34.9 Å². The van der Waals surface area contributed by atoms with E-state index in [1.807, 2.05) is 6.92 Å². The third-order valence-electron chi connectivity index (χ3n) is 3.58. The lowest BCUT2D eigenvalue weighted by Crippen LogP contribution is -2.18. The van der Waals surface area contributed by atoms with Crippen LogP contribution in [0.3, 0.4) is 0 Å². The van der Waals surface area contributed by atoms with Gasteiger partial charge in [0.1, 0.15) is 16.5 Å². The molecule has 0 aliphatic rings. The zero-order valence-corrected chi connectivity index (χ0v) is 14.7. The maximum absolute atomic E-state index is 13.9. The van der Waals surface area contributed by atoms with Crippen molar-refractivity contribution in [2.75, 3.05) is 5.32 Å². The van der Waals surface area contributed by atoms with Gasteiger partial charge in [-0.05, 0) is 25.1 Å². The molecule has 2 aromatic heterocycles. The van der Waals surface area contributed by atoms with Gasteiger partial charge in [0.05, 0.1) is 6.54 Å². The van der Waals surface area contributed by atoms with E-state index in [-0.39, 0.29) is 23.3 Å². The summed E-state index contributed by atoms with van der Waals surface area (Å²) in [6, 6.07) is 6.04. The van der Waals surface area contributed by atoms with Crippen LogP contribution in [0.15, 0.2) is 36.7 Å². The number of benzene rings is 1. The van der Waals surface area contributed by atoms with Gasteiger partial charge in [-0.1, -0.05) is 29.3 Å². The summed E-state index contributed by atoms with van der Waals surface area (Å²) in [4.78, 5) is 12.3. The second kappa shape index (κ2) is 7.25. The highest BCUT2D eigenvalue weighted by Gasteiger charge is 2.16.